The van der Waals surface area contributed by atoms with Crippen molar-refractivity contribution in [2.24, 2.45) is 5.73 Å². The fraction of sp³-hybridized carbons (Fsp3) is 0.500. The van der Waals surface area contributed by atoms with Gasteiger partial charge >= 0.3 is 0 Å². The molecular formula is C12H18ClNO2. The van der Waals surface area contributed by atoms with Crippen molar-refractivity contribution in [2.75, 3.05) is 20.3 Å². The van der Waals surface area contributed by atoms with Gasteiger partial charge in [0.1, 0.15) is 5.75 Å². The molecule has 0 aliphatic heterocycles. The average molecular weight is 244 g/mol. The summed E-state index contributed by atoms with van der Waals surface area (Å²) in [5, 5.41) is 10.1. The molecule has 1 rings (SSSR count). The third kappa shape index (κ3) is 2.32. The summed E-state index contributed by atoms with van der Waals surface area (Å²) >= 11 is 6.02. The molecule has 3 nitrogen and oxygen atoms in total. The summed E-state index contributed by atoms with van der Waals surface area (Å²) in [7, 11) is 1.61. The zero-order valence-corrected chi connectivity index (χ0v) is 10.6. The van der Waals surface area contributed by atoms with E-state index in [-0.39, 0.29) is 6.61 Å². The second kappa shape index (κ2) is 5.04. The quantitative estimate of drug-likeness (QED) is 0.849. The lowest BCUT2D eigenvalue weighted by atomic mass is 9.82. The van der Waals surface area contributed by atoms with Gasteiger partial charge < -0.3 is 15.6 Å². The first-order valence-electron chi connectivity index (χ1n) is 5.14. The Kier molecular flexibility index (Phi) is 4.19. The molecule has 3 N–H and O–H groups in total. The van der Waals surface area contributed by atoms with Crippen LogP contribution in [-0.4, -0.2) is 25.4 Å². The number of nitrogens with two attached hydrogens (primary N) is 1. The first-order chi connectivity index (χ1) is 7.48. The van der Waals surface area contributed by atoms with Crippen LogP contribution in [0, 0.1) is 6.92 Å². The van der Waals surface area contributed by atoms with E-state index >= 15 is 0 Å². The number of hydrogen-bond donors (Lipinski definition) is 2. The largest absolute Gasteiger partial charge is 0.496 e. The van der Waals surface area contributed by atoms with Gasteiger partial charge in [-0.3, -0.25) is 0 Å². The zero-order chi connectivity index (χ0) is 12.3. The molecule has 0 spiro atoms. The molecule has 1 unspecified atom stereocenters. The highest BCUT2D eigenvalue weighted by Gasteiger charge is 2.28. The summed E-state index contributed by atoms with van der Waals surface area (Å²) in [4.78, 5) is 0. The van der Waals surface area contributed by atoms with Gasteiger partial charge in [0, 0.05) is 22.5 Å². The van der Waals surface area contributed by atoms with Crippen LogP contribution in [0.15, 0.2) is 12.1 Å². The van der Waals surface area contributed by atoms with Gasteiger partial charge in [-0.05, 0) is 24.6 Å². The summed E-state index contributed by atoms with van der Waals surface area (Å²) in [6.07, 6.45) is 0. The smallest absolute Gasteiger partial charge is 0.125 e. The lowest BCUT2D eigenvalue weighted by molar-refractivity contribution is 0.206. The maximum absolute atomic E-state index is 9.46. The molecule has 0 radical (unpaired) electrons. The first-order valence-corrected chi connectivity index (χ1v) is 5.52. The van der Waals surface area contributed by atoms with E-state index in [1.165, 1.54) is 0 Å². The molecule has 1 atom stereocenters. The number of hydrogen-bond acceptors (Lipinski definition) is 3. The van der Waals surface area contributed by atoms with Gasteiger partial charge in [-0.25, -0.2) is 0 Å². The summed E-state index contributed by atoms with van der Waals surface area (Å²) in [5.74, 6) is 0.742. The van der Waals surface area contributed by atoms with E-state index in [0.29, 0.717) is 11.6 Å². The Balaban J connectivity index is 3.41. The van der Waals surface area contributed by atoms with Crippen molar-refractivity contribution < 1.29 is 9.84 Å². The van der Waals surface area contributed by atoms with Crippen molar-refractivity contribution in [3.63, 3.8) is 0 Å². The number of ether oxygens (including phenoxy) is 1. The van der Waals surface area contributed by atoms with Crippen LogP contribution in [0.5, 0.6) is 5.75 Å². The molecule has 0 heterocycles. The Morgan fingerprint density at radius 2 is 2.12 bits per heavy atom. The predicted octanol–water partition coefficient (Wildman–Crippen LogP) is 1.87. The molecule has 0 saturated heterocycles. The van der Waals surface area contributed by atoms with Crippen LogP contribution in [0.4, 0.5) is 0 Å². The van der Waals surface area contributed by atoms with Gasteiger partial charge in [0.25, 0.3) is 0 Å². The molecule has 0 saturated carbocycles. The van der Waals surface area contributed by atoms with Crippen molar-refractivity contribution in [2.45, 2.75) is 19.3 Å². The number of methoxy groups -OCH3 is 1. The molecule has 0 aliphatic carbocycles. The molecule has 0 amide bonds. The van der Waals surface area contributed by atoms with Crippen LogP contribution in [0.25, 0.3) is 0 Å². The minimum Gasteiger partial charge on any atom is -0.496 e. The molecule has 0 aliphatic rings. The maximum Gasteiger partial charge on any atom is 0.125 e. The van der Waals surface area contributed by atoms with Gasteiger partial charge in [0.2, 0.25) is 0 Å². The third-order valence-corrected chi connectivity index (χ3v) is 3.11. The summed E-state index contributed by atoms with van der Waals surface area (Å²) in [6, 6.07) is 3.63. The predicted molar refractivity (Wildman–Crippen MR) is 66.2 cm³/mol. The van der Waals surface area contributed by atoms with Crippen molar-refractivity contribution in [3.8, 4) is 5.75 Å². The van der Waals surface area contributed by atoms with E-state index < -0.39 is 5.41 Å². The Labute approximate surface area is 101 Å². The van der Waals surface area contributed by atoms with E-state index in [1.54, 1.807) is 13.2 Å². The van der Waals surface area contributed by atoms with Crippen LogP contribution in [0.2, 0.25) is 5.02 Å². The number of aryl methyl sites for hydroxylation is 1. The van der Waals surface area contributed by atoms with E-state index in [1.807, 2.05) is 19.9 Å². The van der Waals surface area contributed by atoms with Crippen molar-refractivity contribution in [1.29, 1.82) is 0 Å². The lowest BCUT2D eigenvalue weighted by Gasteiger charge is -2.28. The fourth-order valence-electron chi connectivity index (χ4n) is 1.71. The topological polar surface area (TPSA) is 55.5 Å². The number of rotatable bonds is 4. The van der Waals surface area contributed by atoms with E-state index in [2.05, 4.69) is 0 Å². The Hall–Kier alpha value is -0.770. The standard InChI is InChI=1S/C12H18ClNO2/c1-8-4-9(13)5-10(11(8)16-3)12(2,6-14)7-15/h4-5,15H,6-7,14H2,1-3H3. The second-order valence-corrected chi connectivity index (χ2v) is 4.66. The summed E-state index contributed by atoms with van der Waals surface area (Å²) in [6.45, 7) is 4.10. The molecule has 4 heteroatoms. The number of benzene rings is 1. The van der Waals surface area contributed by atoms with Gasteiger partial charge in [0.15, 0.2) is 0 Å². The highest BCUT2D eigenvalue weighted by molar-refractivity contribution is 6.30. The molecule has 16 heavy (non-hydrogen) atoms. The minimum absolute atomic E-state index is 0.0420. The SMILES string of the molecule is COc1c(C)cc(Cl)cc1C(C)(CN)CO. The monoisotopic (exact) mass is 243 g/mol. The molecule has 0 aromatic heterocycles. The summed E-state index contributed by atoms with van der Waals surface area (Å²) < 4.78 is 5.36. The van der Waals surface area contributed by atoms with E-state index in [4.69, 9.17) is 22.1 Å². The number of aliphatic hydroxyl groups excluding tert-OH is 1. The number of halogens is 1. The highest BCUT2D eigenvalue weighted by Crippen LogP contribution is 2.35. The van der Waals surface area contributed by atoms with E-state index in [9.17, 15) is 5.11 Å². The Morgan fingerprint density at radius 3 is 2.56 bits per heavy atom. The molecule has 1 aromatic rings. The normalized spacial score (nSPS) is 14.6. The molecule has 1 aromatic carbocycles. The third-order valence-electron chi connectivity index (χ3n) is 2.89. The number of aliphatic hydroxyl groups is 1. The van der Waals surface area contributed by atoms with Crippen LogP contribution in [0.3, 0.4) is 0 Å². The fourth-order valence-corrected chi connectivity index (χ4v) is 1.98. The van der Waals surface area contributed by atoms with Crippen molar-refractivity contribution >= 4 is 11.6 Å². The second-order valence-electron chi connectivity index (χ2n) is 4.23. The van der Waals surface area contributed by atoms with Gasteiger partial charge in [-0.15, -0.1) is 0 Å². The van der Waals surface area contributed by atoms with Gasteiger partial charge in [-0.1, -0.05) is 18.5 Å². The highest BCUT2D eigenvalue weighted by atomic mass is 35.5. The minimum atomic E-state index is -0.527. The van der Waals surface area contributed by atoms with Crippen LogP contribution in [-0.2, 0) is 5.41 Å². The van der Waals surface area contributed by atoms with Crippen molar-refractivity contribution in [1.82, 2.24) is 0 Å². The molecule has 90 valence electrons. The molecule has 0 bridgehead atoms. The molecule has 0 fully saturated rings. The average Bonchev–Trinajstić information content (AvgIpc) is 2.27. The van der Waals surface area contributed by atoms with Crippen LogP contribution in [0.1, 0.15) is 18.1 Å². The zero-order valence-electron chi connectivity index (χ0n) is 9.88. The maximum atomic E-state index is 9.46. The first kappa shape index (κ1) is 13.3. The van der Waals surface area contributed by atoms with Crippen molar-refractivity contribution in [3.05, 3.63) is 28.3 Å². The Bertz CT molecular complexity index is 376. The lowest BCUT2D eigenvalue weighted by Crippen LogP contribution is -2.36. The molecular weight excluding hydrogens is 226 g/mol. The van der Waals surface area contributed by atoms with Gasteiger partial charge in [0.05, 0.1) is 13.7 Å². The summed E-state index contributed by atoms with van der Waals surface area (Å²) in [5.41, 5.74) is 6.98. The van der Waals surface area contributed by atoms with Crippen LogP contribution < -0.4 is 10.5 Å². The Morgan fingerprint density at radius 1 is 1.50 bits per heavy atom. The van der Waals surface area contributed by atoms with Crippen LogP contribution >= 0.6 is 11.6 Å². The van der Waals surface area contributed by atoms with Gasteiger partial charge in [-0.2, -0.15) is 0 Å². The van der Waals surface area contributed by atoms with E-state index in [0.717, 1.165) is 16.9 Å².